The molecule has 2 amide bonds. The summed E-state index contributed by atoms with van der Waals surface area (Å²) >= 11 is 1.91. The van der Waals surface area contributed by atoms with Crippen molar-refractivity contribution < 1.29 is 27.2 Å². The molecule has 2 aromatic carbocycles. The van der Waals surface area contributed by atoms with Crippen LogP contribution in [0.2, 0.25) is 0 Å². The lowest BCUT2D eigenvalue weighted by atomic mass is 9.83. The third kappa shape index (κ3) is 3.27. The zero-order chi connectivity index (χ0) is 22.8. The lowest BCUT2D eigenvalue weighted by Crippen LogP contribution is -2.32. The topological polar surface area (TPSA) is 70.2 Å². The first-order chi connectivity index (χ1) is 15.1. The molecule has 3 heterocycles. The molecular weight excluding hydrogens is 468 g/mol. The van der Waals surface area contributed by atoms with Gasteiger partial charge in [-0.3, -0.25) is 14.4 Å². The number of hydrogen-bond acceptors (Lipinski definition) is 5. The second kappa shape index (κ2) is 7.31. The number of benzene rings is 2. The van der Waals surface area contributed by atoms with Gasteiger partial charge >= 0.3 is 11.0 Å². The monoisotopic (exact) mass is 480 g/mol. The van der Waals surface area contributed by atoms with E-state index in [0.29, 0.717) is 15.5 Å². The number of thioether (sulfide) groups is 1. The number of halogens is 4. The average Bonchev–Trinajstić information content (AvgIpc) is 3.23. The molecule has 0 saturated carbocycles. The number of hydrogen-bond donors (Lipinski definition) is 1. The Bertz CT molecular complexity index is 1300. The molecule has 5 rings (SSSR count). The summed E-state index contributed by atoms with van der Waals surface area (Å²) in [6.07, 6.45) is -4.64. The number of nitrogens with one attached hydrogen (secondary N) is 1. The number of alkyl halides is 3. The van der Waals surface area contributed by atoms with E-state index in [0.717, 1.165) is 46.2 Å². The fourth-order valence-electron chi connectivity index (χ4n) is 4.12. The summed E-state index contributed by atoms with van der Waals surface area (Å²) in [7, 11) is 0. The zero-order valence-electron chi connectivity index (χ0n) is 15.9. The van der Waals surface area contributed by atoms with E-state index in [-0.39, 0.29) is 10.6 Å². The van der Waals surface area contributed by atoms with Crippen LogP contribution in [0.1, 0.15) is 21.9 Å². The Morgan fingerprint density at radius 2 is 1.69 bits per heavy atom. The van der Waals surface area contributed by atoms with Crippen LogP contribution in [0.5, 0.6) is 0 Å². The maximum atomic E-state index is 13.5. The Morgan fingerprint density at radius 3 is 2.38 bits per heavy atom. The van der Waals surface area contributed by atoms with E-state index in [4.69, 9.17) is 0 Å². The Morgan fingerprint density at radius 1 is 0.969 bits per heavy atom. The van der Waals surface area contributed by atoms with Gasteiger partial charge in [0.05, 0.1) is 22.2 Å². The molecule has 164 valence electrons. The van der Waals surface area contributed by atoms with Gasteiger partial charge in [0, 0.05) is 10.8 Å². The molecular formula is C21H12F4N2O3S2. The first kappa shape index (κ1) is 21.0. The van der Waals surface area contributed by atoms with Gasteiger partial charge in [-0.25, -0.2) is 9.29 Å². The number of amides is 2. The van der Waals surface area contributed by atoms with Gasteiger partial charge < -0.3 is 4.98 Å². The van der Waals surface area contributed by atoms with Crippen LogP contribution in [0.15, 0.2) is 58.4 Å². The Balaban J connectivity index is 1.62. The van der Waals surface area contributed by atoms with Crippen molar-refractivity contribution in [2.75, 3.05) is 4.90 Å². The van der Waals surface area contributed by atoms with Gasteiger partial charge in [-0.05, 0) is 35.9 Å². The van der Waals surface area contributed by atoms with Crippen molar-refractivity contribution in [1.82, 2.24) is 4.98 Å². The van der Waals surface area contributed by atoms with Gasteiger partial charge in [-0.2, -0.15) is 13.2 Å². The van der Waals surface area contributed by atoms with E-state index >= 15 is 0 Å². The lowest BCUT2D eigenvalue weighted by molar-refractivity contribution is -0.137. The summed E-state index contributed by atoms with van der Waals surface area (Å²) in [6, 6.07) is 9.43. The maximum Gasteiger partial charge on any atom is 0.416 e. The molecule has 3 atom stereocenters. The smallest absolute Gasteiger partial charge is 0.307 e. The SMILES string of the molecule is O=C1C2Sc3[nH]c(=O)sc3[C@H](c3ccc(F)cc3)C2C(=O)N1c1cccc(C(F)(F)F)c1. The molecule has 1 aromatic heterocycles. The van der Waals surface area contributed by atoms with Crippen LogP contribution in [0.4, 0.5) is 23.2 Å². The number of imide groups is 1. The summed E-state index contributed by atoms with van der Waals surface area (Å²) < 4.78 is 53.0. The highest BCUT2D eigenvalue weighted by molar-refractivity contribution is 8.00. The number of fused-ring (bicyclic) bond motifs is 2. The van der Waals surface area contributed by atoms with Gasteiger partial charge in [-0.1, -0.05) is 41.3 Å². The summed E-state index contributed by atoms with van der Waals surface area (Å²) in [6.45, 7) is 0. The number of thiazole rings is 1. The molecule has 0 spiro atoms. The molecule has 3 aromatic rings. The molecule has 0 radical (unpaired) electrons. The minimum atomic E-state index is -4.64. The van der Waals surface area contributed by atoms with E-state index in [1.54, 1.807) is 0 Å². The highest BCUT2D eigenvalue weighted by Crippen LogP contribution is 2.53. The standard InChI is InChI=1S/C21H12F4N2O3S2/c22-11-6-4-9(5-7-11)13-14-16(31-17-15(13)32-20(30)26-17)19(29)27(18(14)28)12-3-1-2-10(8-12)21(23,24)25/h1-8,13-14,16H,(H,26,30)/t13-,14?,16?/m1/s1. The molecule has 1 fully saturated rings. The van der Waals surface area contributed by atoms with E-state index in [1.165, 1.54) is 30.3 Å². The number of carbonyl (C=O) groups is 2. The fraction of sp³-hybridized carbons (Fsp3) is 0.190. The normalized spacial score (nSPS) is 22.8. The van der Waals surface area contributed by atoms with Crippen LogP contribution < -0.4 is 9.77 Å². The molecule has 2 aliphatic rings. The third-order valence-corrected chi connectivity index (χ3v) is 7.89. The number of rotatable bonds is 2. The molecule has 2 aliphatic heterocycles. The predicted molar refractivity (Wildman–Crippen MR) is 110 cm³/mol. The lowest BCUT2D eigenvalue weighted by Gasteiger charge is -2.29. The van der Waals surface area contributed by atoms with Crippen LogP contribution in [-0.4, -0.2) is 22.0 Å². The first-order valence-corrected chi connectivity index (χ1v) is 11.0. The number of aromatic nitrogens is 1. The third-order valence-electron chi connectivity index (χ3n) is 5.48. The molecule has 0 bridgehead atoms. The average molecular weight is 480 g/mol. The minimum Gasteiger partial charge on any atom is -0.307 e. The van der Waals surface area contributed by atoms with Crippen LogP contribution in [-0.2, 0) is 15.8 Å². The summed E-state index contributed by atoms with van der Waals surface area (Å²) in [4.78, 5) is 42.3. The van der Waals surface area contributed by atoms with Crippen LogP contribution >= 0.6 is 23.1 Å². The largest absolute Gasteiger partial charge is 0.416 e. The molecule has 11 heteroatoms. The number of anilines is 1. The number of carbonyl (C=O) groups excluding carboxylic acids is 2. The van der Waals surface area contributed by atoms with E-state index in [9.17, 15) is 31.9 Å². The zero-order valence-corrected chi connectivity index (χ0v) is 17.5. The van der Waals surface area contributed by atoms with Gasteiger partial charge in [0.1, 0.15) is 11.1 Å². The Hall–Kier alpha value is -2.92. The molecule has 5 nitrogen and oxygen atoms in total. The summed E-state index contributed by atoms with van der Waals surface area (Å²) in [5, 5.41) is -0.507. The number of nitrogens with zero attached hydrogens (tertiary/aromatic N) is 1. The van der Waals surface area contributed by atoms with Crippen molar-refractivity contribution >= 4 is 40.6 Å². The second-order valence-corrected chi connectivity index (χ2v) is 9.53. The highest BCUT2D eigenvalue weighted by atomic mass is 32.2. The van der Waals surface area contributed by atoms with Crippen molar-refractivity contribution in [1.29, 1.82) is 0 Å². The maximum absolute atomic E-state index is 13.5. The Kier molecular flexibility index (Phi) is 4.79. The van der Waals surface area contributed by atoms with Crippen molar-refractivity contribution in [3.8, 4) is 0 Å². The van der Waals surface area contributed by atoms with Crippen LogP contribution in [0.25, 0.3) is 0 Å². The van der Waals surface area contributed by atoms with Crippen molar-refractivity contribution in [2.45, 2.75) is 22.4 Å². The van der Waals surface area contributed by atoms with Gasteiger partial charge in [0.25, 0.3) is 0 Å². The van der Waals surface area contributed by atoms with Crippen molar-refractivity contribution in [3.63, 3.8) is 0 Å². The van der Waals surface area contributed by atoms with Gasteiger partial charge in [-0.15, -0.1) is 0 Å². The van der Waals surface area contributed by atoms with E-state index in [1.807, 2.05) is 0 Å². The first-order valence-electron chi connectivity index (χ1n) is 9.35. The molecule has 32 heavy (non-hydrogen) atoms. The predicted octanol–water partition coefficient (Wildman–Crippen LogP) is 4.39. The number of H-pyrrole nitrogens is 1. The summed E-state index contributed by atoms with van der Waals surface area (Å²) in [5.41, 5.74) is -0.610. The van der Waals surface area contributed by atoms with Crippen molar-refractivity contribution in [3.05, 3.63) is 80.0 Å². The molecule has 1 N–H and O–H groups in total. The quantitative estimate of drug-likeness (QED) is 0.436. The van der Waals surface area contributed by atoms with Gasteiger partial charge in [0.2, 0.25) is 11.8 Å². The van der Waals surface area contributed by atoms with Gasteiger partial charge in [0.15, 0.2) is 0 Å². The molecule has 0 aliphatic carbocycles. The van der Waals surface area contributed by atoms with Crippen molar-refractivity contribution in [2.24, 2.45) is 5.92 Å². The number of aromatic amines is 1. The molecule has 1 saturated heterocycles. The van der Waals surface area contributed by atoms with Crippen LogP contribution in [0, 0.1) is 11.7 Å². The van der Waals surface area contributed by atoms with E-state index < -0.39 is 46.5 Å². The highest BCUT2D eigenvalue weighted by Gasteiger charge is 2.56. The fourth-order valence-corrected chi connectivity index (χ4v) is 6.64. The molecule has 2 unspecified atom stereocenters. The van der Waals surface area contributed by atoms with E-state index in [2.05, 4.69) is 4.98 Å². The second-order valence-electron chi connectivity index (χ2n) is 7.36. The summed E-state index contributed by atoms with van der Waals surface area (Å²) in [5.74, 6) is -3.47. The minimum absolute atomic E-state index is 0.167. The Labute approximate surface area is 186 Å². The van der Waals surface area contributed by atoms with Crippen LogP contribution in [0.3, 0.4) is 0 Å².